The number of hydrogen-bond donors (Lipinski definition) is 0. The van der Waals surface area contributed by atoms with Crippen LogP contribution in [0.3, 0.4) is 0 Å². The van der Waals surface area contributed by atoms with Crippen LogP contribution in [0.25, 0.3) is 0 Å². The quantitative estimate of drug-likeness (QED) is 0.748. The Kier molecular flexibility index (Phi) is 2.46. The number of anilines is 1. The minimum absolute atomic E-state index is 0.346. The summed E-state index contributed by atoms with van der Waals surface area (Å²) in [6, 6.07) is 5.53. The number of nitrogens with zero attached hydrogens (tertiary/aromatic N) is 3. The van der Waals surface area contributed by atoms with Gasteiger partial charge in [0.15, 0.2) is 11.6 Å². The normalized spacial score (nSPS) is 14.5. The van der Waals surface area contributed by atoms with Crippen molar-refractivity contribution in [3.05, 3.63) is 17.8 Å². The molecule has 0 bridgehead atoms. The van der Waals surface area contributed by atoms with Crippen molar-refractivity contribution in [2.24, 2.45) is 0 Å². The van der Waals surface area contributed by atoms with E-state index in [0.717, 1.165) is 24.4 Å². The monoisotopic (exact) mass is 203 g/mol. The SMILES string of the molecule is CN(C)c1nc(C#N)ccc1OC1CC1. The lowest BCUT2D eigenvalue weighted by molar-refractivity contribution is 0.303. The van der Waals surface area contributed by atoms with Crippen LogP contribution in [-0.2, 0) is 0 Å². The van der Waals surface area contributed by atoms with Crippen molar-refractivity contribution in [2.45, 2.75) is 18.9 Å². The van der Waals surface area contributed by atoms with E-state index >= 15 is 0 Å². The molecule has 1 saturated carbocycles. The average molecular weight is 203 g/mol. The summed E-state index contributed by atoms with van der Waals surface area (Å²) in [6.07, 6.45) is 2.58. The molecule has 0 amide bonds. The van der Waals surface area contributed by atoms with Gasteiger partial charge in [0, 0.05) is 14.1 Å². The zero-order valence-electron chi connectivity index (χ0n) is 8.90. The largest absolute Gasteiger partial charge is 0.487 e. The van der Waals surface area contributed by atoms with Crippen molar-refractivity contribution in [2.75, 3.05) is 19.0 Å². The maximum Gasteiger partial charge on any atom is 0.172 e. The van der Waals surface area contributed by atoms with Gasteiger partial charge in [0.1, 0.15) is 11.8 Å². The highest BCUT2D eigenvalue weighted by atomic mass is 16.5. The number of aromatic nitrogens is 1. The van der Waals surface area contributed by atoms with Crippen LogP contribution in [0.4, 0.5) is 5.82 Å². The van der Waals surface area contributed by atoms with Gasteiger partial charge in [-0.2, -0.15) is 5.26 Å². The Morgan fingerprint density at radius 1 is 1.47 bits per heavy atom. The molecule has 0 aromatic carbocycles. The molecular formula is C11H13N3O. The Morgan fingerprint density at radius 3 is 2.73 bits per heavy atom. The van der Waals surface area contributed by atoms with Crippen LogP contribution in [-0.4, -0.2) is 25.2 Å². The topological polar surface area (TPSA) is 49.2 Å². The Bertz CT molecular complexity index is 405. The molecule has 0 N–H and O–H groups in total. The number of hydrogen-bond acceptors (Lipinski definition) is 4. The van der Waals surface area contributed by atoms with E-state index < -0.39 is 0 Å². The molecule has 1 aliphatic rings. The lowest BCUT2D eigenvalue weighted by Crippen LogP contribution is -2.13. The van der Waals surface area contributed by atoms with E-state index in [1.165, 1.54) is 0 Å². The number of nitriles is 1. The maximum atomic E-state index is 8.76. The van der Waals surface area contributed by atoms with Gasteiger partial charge < -0.3 is 9.64 Å². The van der Waals surface area contributed by atoms with Gasteiger partial charge in [0.2, 0.25) is 0 Å². The van der Waals surface area contributed by atoms with E-state index in [-0.39, 0.29) is 0 Å². The molecule has 15 heavy (non-hydrogen) atoms. The highest BCUT2D eigenvalue weighted by Gasteiger charge is 2.25. The fourth-order valence-corrected chi connectivity index (χ4v) is 1.28. The van der Waals surface area contributed by atoms with Gasteiger partial charge in [-0.3, -0.25) is 0 Å². The Hall–Kier alpha value is -1.76. The third-order valence-corrected chi connectivity index (χ3v) is 2.20. The molecule has 0 spiro atoms. The van der Waals surface area contributed by atoms with Crippen LogP contribution in [0.2, 0.25) is 0 Å². The van der Waals surface area contributed by atoms with Crippen LogP contribution < -0.4 is 9.64 Å². The summed E-state index contributed by atoms with van der Waals surface area (Å²) in [4.78, 5) is 6.07. The van der Waals surface area contributed by atoms with Crippen molar-refractivity contribution < 1.29 is 4.74 Å². The lowest BCUT2D eigenvalue weighted by atomic mass is 10.3. The Labute approximate surface area is 89.1 Å². The lowest BCUT2D eigenvalue weighted by Gasteiger charge is -2.16. The summed E-state index contributed by atoms with van der Waals surface area (Å²) in [5, 5.41) is 8.76. The number of ether oxygens (including phenoxy) is 1. The first kappa shape index (κ1) is 9.78. The van der Waals surface area contributed by atoms with E-state index in [0.29, 0.717) is 11.8 Å². The summed E-state index contributed by atoms with van der Waals surface area (Å²) in [5.74, 6) is 1.49. The fourth-order valence-electron chi connectivity index (χ4n) is 1.28. The van der Waals surface area contributed by atoms with Gasteiger partial charge in [-0.25, -0.2) is 4.98 Å². The van der Waals surface area contributed by atoms with Crippen molar-refractivity contribution in [3.63, 3.8) is 0 Å². The number of rotatable bonds is 3. The van der Waals surface area contributed by atoms with E-state index in [4.69, 9.17) is 10.00 Å². The van der Waals surface area contributed by atoms with Crippen molar-refractivity contribution in [1.29, 1.82) is 5.26 Å². The van der Waals surface area contributed by atoms with Crippen LogP contribution in [0, 0.1) is 11.3 Å². The van der Waals surface area contributed by atoms with Crippen molar-refractivity contribution >= 4 is 5.82 Å². The molecule has 0 aliphatic heterocycles. The second-order valence-corrected chi connectivity index (χ2v) is 3.84. The fraction of sp³-hybridized carbons (Fsp3) is 0.455. The molecule has 1 aromatic heterocycles. The van der Waals surface area contributed by atoms with Gasteiger partial charge >= 0.3 is 0 Å². The van der Waals surface area contributed by atoms with Crippen LogP contribution in [0.5, 0.6) is 5.75 Å². The molecule has 78 valence electrons. The smallest absolute Gasteiger partial charge is 0.172 e. The zero-order valence-corrected chi connectivity index (χ0v) is 8.90. The predicted molar refractivity (Wildman–Crippen MR) is 56.9 cm³/mol. The van der Waals surface area contributed by atoms with E-state index in [2.05, 4.69) is 4.98 Å². The standard InChI is InChI=1S/C11H13N3O/c1-14(2)11-10(15-9-4-5-9)6-3-8(7-12)13-11/h3,6,9H,4-5H2,1-2H3. The molecule has 1 fully saturated rings. The molecule has 4 nitrogen and oxygen atoms in total. The first-order valence-electron chi connectivity index (χ1n) is 4.96. The zero-order chi connectivity index (χ0) is 10.8. The summed E-state index contributed by atoms with van der Waals surface area (Å²) < 4.78 is 5.70. The average Bonchev–Trinajstić information content (AvgIpc) is 3.02. The summed E-state index contributed by atoms with van der Waals surface area (Å²) >= 11 is 0. The molecule has 0 saturated heterocycles. The first-order valence-corrected chi connectivity index (χ1v) is 4.96. The Morgan fingerprint density at radius 2 is 2.20 bits per heavy atom. The highest BCUT2D eigenvalue weighted by molar-refractivity contribution is 5.53. The molecule has 0 unspecified atom stereocenters. The molecule has 1 heterocycles. The third-order valence-electron chi connectivity index (χ3n) is 2.20. The van der Waals surface area contributed by atoms with Crippen molar-refractivity contribution in [3.8, 4) is 11.8 Å². The number of pyridine rings is 1. The maximum absolute atomic E-state index is 8.76. The second kappa shape index (κ2) is 3.77. The minimum Gasteiger partial charge on any atom is -0.487 e. The van der Waals surface area contributed by atoms with Gasteiger partial charge in [-0.05, 0) is 25.0 Å². The van der Waals surface area contributed by atoms with Gasteiger partial charge in [-0.1, -0.05) is 0 Å². The molecule has 0 atom stereocenters. The van der Waals surface area contributed by atoms with E-state index in [1.807, 2.05) is 31.1 Å². The van der Waals surface area contributed by atoms with Gasteiger partial charge in [0.05, 0.1) is 6.10 Å². The third kappa shape index (κ3) is 2.18. The second-order valence-electron chi connectivity index (χ2n) is 3.84. The van der Waals surface area contributed by atoms with Crippen LogP contribution in [0.1, 0.15) is 18.5 Å². The van der Waals surface area contributed by atoms with E-state index in [1.54, 1.807) is 6.07 Å². The van der Waals surface area contributed by atoms with Crippen LogP contribution in [0.15, 0.2) is 12.1 Å². The van der Waals surface area contributed by atoms with Crippen LogP contribution >= 0.6 is 0 Å². The van der Waals surface area contributed by atoms with Gasteiger partial charge in [-0.15, -0.1) is 0 Å². The summed E-state index contributed by atoms with van der Waals surface area (Å²) in [5.41, 5.74) is 0.418. The molecule has 4 heteroatoms. The van der Waals surface area contributed by atoms with Gasteiger partial charge in [0.25, 0.3) is 0 Å². The Balaban J connectivity index is 2.30. The highest BCUT2D eigenvalue weighted by Crippen LogP contribution is 2.32. The summed E-state index contributed by atoms with van der Waals surface area (Å²) in [6.45, 7) is 0. The minimum atomic E-state index is 0.346. The molecule has 0 radical (unpaired) electrons. The van der Waals surface area contributed by atoms with E-state index in [9.17, 15) is 0 Å². The predicted octanol–water partition coefficient (Wildman–Crippen LogP) is 1.56. The van der Waals surface area contributed by atoms with Crippen molar-refractivity contribution in [1.82, 2.24) is 4.98 Å². The first-order chi connectivity index (χ1) is 7.20. The summed E-state index contributed by atoms with van der Waals surface area (Å²) in [7, 11) is 3.78. The molecule has 1 aromatic rings. The molecule has 1 aliphatic carbocycles. The molecular weight excluding hydrogens is 190 g/mol. The molecule has 2 rings (SSSR count).